The smallest absolute Gasteiger partial charge is 0.410 e. The third-order valence-electron chi connectivity index (χ3n) is 6.46. The van der Waals surface area contributed by atoms with Gasteiger partial charge in [-0.25, -0.2) is 13.2 Å². The predicted octanol–water partition coefficient (Wildman–Crippen LogP) is 4.77. The highest BCUT2D eigenvalue weighted by Gasteiger charge is 2.44. The van der Waals surface area contributed by atoms with Crippen LogP contribution in [0.25, 0.3) is 0 Å². The number of aryl methyl sites for hydroxylation is 1. The van der Waals surface area contributed by atoms with Gasteiger partial charge in [-0.2, -0.15) is 0 Å². The number of likely N-dealkylation sites (tertiary alicyclic amines) is 1. The first kappa shape index (κ1) is 25.9. The van der Waals surface area contributed by atoms with Crippen molar-refractivity contribution in [1.29, 1.82) is 0 Å². The van der Waals surface area contributed by atoms with Crippen LogP contribution in [0.4, 0.5) is 4.79 Å². The number of ether oxygens (including phenoxy) is 2. The van der Waals surface area contributed by atoms with Crippen LogP contribution < -0.4 is 0 Å². The van der Waals surface area contributed by atoms with Crippen LogP contribution in [-0.4, -0.2) is 56.7 Å². The molecule has 1 saturated heterocycles. The summed E-state index contributed by atoms with van der Waals surface area (Å²) in [7, 11) is -3.23. The van der Waals surface area contributed by atoms with E-state index in [1.165, 1.54) is 23.2 Å². The number of piperidine rings is 1. The Labute approximate surface area is 211 Å². The van der Waals surface area contributed by atoms with E-state index in [1.54, 1.807) is 29.2 Å². The zero-order chi connectivity index (χ0) is 25.4. The van der Waals surface area contributed by atoms with E-state index >= 15 is 0 Å². The quantitative estimate of drug-likeness (QED) is 0.529. The van der Waals surface area contributed by atoms with Crippen LogP contribution in [0.5, 0.6) is 0 Å². The molecular formula is C26H33NO6S2. The third-order valence-corrected chi connectivity index (χ3v) is 8.99. The number of carbonyl (C=O) groups excluding carboxylic acids is 2. The number of carbonyl (C=O) groups is 2. The van der Waals surface area contributed by atoms with Gasteiger partial charge in [0.2, 0.25) is 0 Å². The molecule has 7 nitrogen and oxygen atoms in total. The summed E-state index contributed by atoms with van der Waals surface area (Å²) in [6, 6.07) is 8.72. The van der Waals surface area contributed by atoms with Crippen molar-refractivity contribution in [3.05, 3.63) is 51.2 Å². The molecule has 0 aliphatic carbocycles. The monoisotopic (exact) mass is 519 g/mol. The van der Waals surface area contributed by atoms with E-state index in [0.29, 0.717) is 45.4 Å². The fraction of sp³-hybridized carbons (Fsp3) is 0.538. The second kappa shape index (κ2) is 9.67. The number of rotatable bonds is 5. The number of Topliss-reactive ketones (excluding diaryl/α,β-unsaturated/α-hetero) is 1. The van der Waals surface area contributed by atoms with Gasteiger partial charge in [-0.15, -0.1) is 11.3 Å². The Morgan fingerprint density at radius 2 is 1.80 bits per heavy atom. The summed E-state index contributed by atoms with van der Waals surface area (Å²) in [5.41, 5.74) is 1.13. The maximum atomic E-state index is 13.0. The molecule has 2 aromatic rings. The number of fused-ring (bicyclic) bond motifs is 2. The van der Waals surface area contributed by atoms with E-state index < -0.39 is 21.0 Å². The van der Waals surface area contributed by atoms with Crippen molar-refractivity contribution in [1.82, 2.24) is 4.90 Å². The standard InChI is InChI=1S/C26H33NO6S2/c1-25(2,3)33-24(29)27-14-12-26(13-15-27)23-19(11-16-32-26)17-22(34-23)21(28)10-7-18-5-8-20(9-6-18)35(4,30)31/h5-6,8-9,17H,7,10-16H2,1-4H3. The topological polar surface area (TPSA) is 90.0 Å². The maximum Gasteiger partial charge on any atom is 0.410 e. The number of benzene rings is 1. The second-order valence-corrected chi connectivity index (χ2v) is 13.4. The number of hydrogen-bond acceptors (Lipinski definition) is 7. The molecule has 2 aliphatic heterocycles. The van der Waals surface area contributed by atoms with Gasteiger partial charge in [0, 0.05) is 30.6 Å². The Balaban J connectivity index is 1.41. The number of hydrogen-bond donors (Lipinski definition) is 0. The zero-order valence-corrected chi connectivity index (χ0v) is 22.4. The van der Waals surface area contributed by atoms with Crippen LogP contribution in [0.15, 0.2) is 35.2 Å². The van der Waals surface area contributed by atoms with E-state index in [9.17, 15) is 18.0 Å². The highest BCUT2D eigenvalue weighted by atomic mass is 32.2. The van der Waals surface area contributed by atoms with Gasteiger partial charge in [0.25, 0.3) is 0 Å². The minimum atomic E-state index is -3.23. The van der Waals surface area contributed by atoms with Crippen molar-refractivity contribution in [2.45, 2.75) is 69.0 Å². The fourth-order valence-electron chi connectivity index (χ4n) is 4.59. The zero-order valence-electron chi connectivity index (χ0n) is 20.8. The molecule has 1 aromatic carbocycles. The van der Waals surface area contributed by atoms with Gasteiger partial charge in [0.05, 0.1) is 16.4 Å². The largest absolute Gasteiger partial charge is 0.444 e. The molecule has 3 heterocycles. The molecule has 0 atom stereocenters. The van der Waals surface area contributed by atoms with Crippen molar-refractivity contribution in [2.24, 2.45) is 0 Å². The summed E-state index contributed by atoms with van der Waals surface area (Å²) in [5, 5.41) is 0. The minimum absolute atomic E-state index is 0.0814. The highest BCUT2D eigenvalue weighted by molar-refractivity contribution is 7.90. The Morgan fingerprint density at radius 3 is 2.40 bits per heavy atom. The fourth-order valence-corrected chi connectivity index (χ4v) is 6.60. The Morgan fingerprint density at radius 1 is 1.14 bits per heavy atom. The first-order valence-electron chi connectivity index (χ1n) is 11.9. The molecule has 0 unspecified atom stereocenters. The van der Waals surface area contributed by atoms with E-state index in [2.05, 4.69) is 0 Å². The average Bonchev–Trinajstić information content (AvgIpc) is 3.23. The molecule has 0 saturated carbocycles. The van der Waals surface area contributed by atoms with E-state index in [1.807, 2.05) is 26.8 Å². The summed E-state index contributed by atoms with van der Waals surface area (Å²) in [5.74, 6) is 0.0814. The normalized spacial score (nSPS) is 17.8. The van der Waals surface area contributed by atoms with E-state index in [4.69, 9.17) is 9.47 Å². The predicted molar refractivity (Wildman–Crippen MR) is 135 cm³/mol. The van der Waals surface area contributed by atoms with E-state index in [0.717, 1.165) is 21.7 Å². The number of ketones is 1. The van der Waals surface area contributed by atoms with Crippen molar-refractivity contribution in [3.63, 3.8) is 0 Å². The summed E-state index contributed by atoms with van der Waals surface area (Å²) in [6.45, 7) is 7.31. The molecule has 1 fully saturated rings. The van der Waals surface area contributed by atoms with Gasteiger partial charge < -0.3 is 14.4 Å². The molecule has 0 N–H and O–H groups in total. The number of nitrogens with zero attached hydrogens (tertiary/aromatic N) is 1. The van der Waals surface area contributed by atoms with E-state index in [-0.39, 0.29) is 16.8 Å². The van der Waals surface area contributed by atoms with Gasteiger partial charge >= 0.3 is 6.09 Å². The number of sulfone groups is 1. The lowest BCUT2D eigenvalue weighted by Gasteiger charge is -2.43. The Bertz CT molecular complexity index is 1200. The van der Waals surface area contributed by atoms with Crippen molar-refractivity contribution < 1.29 is 27.5 Å². The molecule has 190 valence electrons. The summed E-state index contributed by atoms with van der Waals surface area (Å²) < 4.78 is 35.1. The minimum Gasteiger partial charge on any atom is -0.444 e. The molecule has 1 amide bonds. The molecule has 1 spiro atoms. The lowest BCUT2D eigenvalue weighted by molar-refractivity contribution is -0.0950. The average molecular weight is 520 g/mol. The molecule has 1 aromatic heterocycles. The van der Waals surface area contributed by atoms with Crippen molar-refractivity contribution in [3.8, 4) is 0 Å². The van der Waals surface area contributed by atoms with Crippen LogP contribution in [0.3, 0.4) is 0 Å². The number of thiophene rings is 1. The lowest BCUT2D eigenvalue weighted by atomic mass is 9.85. The molecule has 2 aliphatic rings. The molecule has 0 radical (unpaired) electrons. The summed E-state index contributed by atoms with van der Waals surface area (Å²) in [4.78, 5) is 29.4. The van der Waals surface area contributed by atoms with Crippen LogP contribution in [0.2, 0.25) is 0 Å². The molecule has 35 heavy (non-hydrogen) atoms. The summed E-state index contributed by atoms with van der Waals surface area (Å²) in [6.07, 6.45) is 3.94. The third kappa shape index (κ3) is 5.95. The highest BCUT2D eigenvalue weighted by Crippen LogP contribution is 2.45. The van der Waals surface area contributed by atoms with Gasteiger partial charge in [-0.05, 0) is 75.8 Å². The molecule has 0 bridgehead atoms. The first-order chi connectivity index (χ1) is 16.4. The van der Waals surface area contributed by atoms with Crippen molar-refractivity contribution in [2.75, 3.05) is 26.0 Å². The van der Waals surface area contributed by atoms with Gasteiger partial charge in [-0.1, -0.05) is 12.1 Å². The maximum absolute atomic E-state index is 13.0. The van der Waals surface area contributed by atoms with Crippen LogP contribution >= 0.6 is 11.3 Å². The van der Waals surface area contributed by atoms with Crippen LogP contribution in [0.1, 0.15) is 65.7 Å². The molecular weight excluding hydrogens is 486 g/mol. The SMILES string of the molecule is CC(C)(C)OC(=O)N1CCC2(CC1)OCCc1cc(C(=O)CCc3ccc(S(C)(=O)=O)cc3)sc12. The van der Waals surface area contributed by atoms with Gasteiger partial charge in [0.1, 0.15) is 11.2 Å². The first-order valence-corrected chi connectivity index (χ1v) is 14.6. The molecule has 9 heteroatoms. The van der Waals surface area contributed by atoms with Gasteiger partial charge in [0.15, 0.2) is 15.6 Å². The van der Waals surface area contributed by atoms with Gasteiger partial charge in [-0.3, -0.25) is 4.79 Å². The summed E-state index contributed by atoms with van der Waals surface area (Å²) >= 11 is 1.52. The number of amides is 1. The van der Waals surface area contributed by atoms with Crippen LogP contribution in [0, 0.1) is 0 Å². The second-order valence-electron chi connectivity index (χ2n) is 10.4. The lowest BCUT2D eigenvalue weighted by Crippen LogP contribution is -2.49. The Kier molecular flexibility index (Phi) is 7.14. The van der Waals surface area contributed by atoms with Crippen LogP contribution in [-0.2, 0) is 37.8 Å². The Hall–Kier alpha value is -2.23. The van der Waals surface area contributed by atoms with Crippen molar-refractivity contribution >= 4 is 33.1 Å². The molecule has 4 rings (SSSR count).